The summed E-state index contributed by atoms with van der Waals surface area (Å²) in [5.74, 6) is 0.647. The summed E-state index contributed by atoms with van der Waals surface area (Å²) in [6.07, 6.45) is 1.61. The van der Waals surface area contributed by atoms with E-state index in [1.807, 2.05) is 43.3 Å². The smallest absolute Gasteiger partial charge is 0.333 e. The predicted molar refractivity (Wildman–Crippen MR) is 127 cm³/mol. The number of urea groups is 1. The van der Waals surface area contributed by atoms with Gasteiger partial charge < -0.3 is 14.8 Å². The first-order valence-electron chi connectivity index (χ1n) is 9.94. The van der Waals surface area contributed by atoms with Gasteiger partial charge in [0.15, 0.2) is 11.5 Å². The number of ether oxygens (including phenoxy) is 2. The fraction of sp³-hybridized carbons (Fsp3) is 0.120. The van der Waals surface area contributed by atoms with Gasteiger partial charge in [0, 0.05) is 0 Å². The number of rotatable bonds is 6. The minimum Gasteiger partial charge on any atom is -0.493 e. The molecule has 32 heavy (non-hydrogen) atoms. The SMILES string of the molecule is COc1cc(C=C2NC(=O)N(c3ccccc3)C2=O)cc(Br)c1OCc1ccc(C)cc1. The molecule has 0 spiro atoms. The lowest BCUT2D eigenvalue weighted by Gasteiger charge is -2.14. The monoisotopic (exact) mass is 492 g/mol. The van der Waals surface area contributed by atoms with Crippen molar-refractivity contribution in [2.45, 2.75) is 13.5 Å². The van der Waals surface area contributed by atoms with Crippen LogP contribution in [-0.4, -0.2) is 19.0 Å². The van der Waals surface area contributed by atoms with Crippen molar-refractivity contribution in [3.05, 3.63) is 93.6 Å². The number of carbonyl (C=O) groups excluding carboxylic acids is 2. The molecule has 1 fully saturated rings. The number of nitrogens with zero attached hydrogens (tertiary/aromatic N) is 1. The Morgan fingerprint density at radius 3 is 2.44 bits per heavy atom. The third-order valence-corrected chi connectivity index (χ3v) is 5.55. The number of nitrogens with one attached hydrogen (secondary N) is 1. The Morgan fingerprint density at radius 1 is 1.03 bits per heavy atom. The average Bonchev–Trinajstić information content (AvgIpc) is 3.07. The number of aryl methyl sites for hydroxylation is 1. The normalized spacial score (nSPS) is 14.6. The summed E-state index contributed by atoms with van der Waals surface area (Å²) in [5, 5.41) is 2.63. The number of imide groups is 1. The molecular weight excluding hydrogens is 472 g/mol. The lowest BCUT2D eigenvalue weighted by molar-refractivity contribution is -0.113. The van der Waals surface area contributed by atoms with Crippen LogP contribution in [0.3, 0.4) is 0 Å². The maximum atomic E-state index is 12.8. The van der Waals surface area contributed by atoms with Gasteiger partial charge in [-0.25, -0.2) is 9.69 Å². The van der Waals surface area contributed by atoms with E-state index in [0.717, 1.165) is 10.5 Å². The first-order chi connectivity index (χ1) is 15.5. The fourth-order valence-corrected chi connectivity index (χ4v) is 3.89. The number of para-hydroxylation sites is 1. The fourth-order valence-electron chi connectivity index (χ4n) is 3.32. The number of hydrogen-bond donors (Lipinski definition) is 1. The molecule has 0 bridgehead atoms. The van der Waals surface area contributed by atoms with E-state index >= 15 is 0 Å². The Morgan fingerprint density at radius 2 is 1.75 bits per heavy atom. The quantitative estimate of drug-likeness (QED) is 0.367. The first kappa shape index (κ1) is 21.6. The molecule has 4 rings (SSSR count). The summed E-state index contributed by atoms with van der Waals surface area (Å²) in [7, 11) is 1.55. The zero-order valence-corrected chi connectivity index (χ0v) is 19.2. The molecule has 0 saturated carbocycles. The van der Waals surface area contributed by atoms with Crippen LogP contribution in [0.5, 0.6) is 11.5 Å². The van der Waals surface area contributed by atoms with Gasteiger partial charge in [0.25, 0.3) is 5.91 Å². The summed E-state index contributed by atoms with van der Waals surface area (Å²) in [6, 6.07) is 20.0. The number of benzene rings is 3. The highest BCUT2D eigenvalue weighted by molar-refractivity contribution is 9.10. The van der Waals surface area contributed by atoms with Crippen molar-refractivity contribution in [3.8, 4) is 11.5 Å². The maximum absolute atomic E-state index is 12.8. The lowest BCUT2D eigenvalue weighted by Crippen LogP contribution is -2.30. The Bertz CT molecular complexity index is 1190. The Labute approximate surface area is 194 Å². The third kappa shape index (κ3) is 4.53. The van der Waals surface area contributed by atoms with Crippen LogP contribution in [0.2, 0.25) is 0 Å². The van der Waals surface area contributed by atoms with E-state index in [-0.39, 0.29) is 5.70 Å². The minimum atomic E-state index is -0.489. The van der Waals surface area contributed by atoms with Crippen LogP contribution in [0.25, 0.3) is 6.08 Å². The van der Waals surface area contributed by atoms with Crippen molar-refractivity contribution >= 4 is 39.6 Å². The van der Waals surface area contributed by atoms with Crippen LogP contribution < -0.4 is 19.7 Å². The van der Waals surface area contributed by atoms with Crippen molar-refractivity contribution in [2.24, 2.45) is 0 Å². The second kappa shape index (κ2) is 9.28. The van der Waals surface area contributed by atoms with Crippen LogP contribution in [-0.2, 0) is 11.4 Å². The number of methoxy groups -OCH3 is 1. The number of amides is 3. The highest BCUT2D eigenvalue weighted by Crippen LogP contribution is 2.38. The minimum absolute atomic E-state index is 0.182. The van der Waals surface area contributed by atoms with Gasteiger partial charge in [0.2, 0.25) is 0 Å². The van der Waals surface area contributed by atoms with Gasteiger partial charge in [-0.1, -0.05) is 48.0 Å². The van der Waals surface area contributed by atoms with Crippen LogP contribution in [0.4, 0.5) is 10.5 Å². The second-order valence-electron chi connectivity index (χ2n) is 7.27. The molecule has 0 aromatic heterocycles. The highest BCUT2D eigenvalue weighted by Gasteiger charge is 2.34. The Balaban J connectivity index is 1.57. The van der Waals surface area contributed by atoms with Crippen molar-refractivity contribution in [2.75, 3.05) is 12.0 Å². The van der Waals surface area contributed by atoms with E-state index in [1.54, 1.807) is 43.5 Å². The van der Waals surface area contributed by atoms with Crippen LogP contribution in [0, 0.1) is 6.92 Å². The Kier molecular flexibility index (Phi) is 6.28. The zero-order valence-electron chi connectivity index (χ0n) is 17.6. The predicted octanol–water partition coefficient (Wildman–Crippen LogP) is 5.44. The van der Waals surface area contributed by atoms with Crippen molar-refractivity contribution in [3.63, 3.8) is 0 Å². The van der Waals surface area contributed by atoms with Gasteiger partial charge in [0.1, 0.15) is 12.3 Å². The summed E-state index contributed by atoms with van der Waals surface area (Å²) in [5.41, 5.74) is 3.59. The van der Waals surface area contributed by atoms with E-state index in [0.29, 0.717) is 33.8 Å². The van der Waals surface area contributed by atoms with Crippen molar-refractivity contribution in [1.82, 2.24) is 5.32 Å². The number of hydrogen-bond acceptors (Lipinski definition) is 4. The average molecular weight is 493 g/mol. The summed E-state index contributed by atoms with van der Waals surface area (Å²) in [6.45, 7) is 2.42. The molecule has 6 nitrogen and oxygen atoms in total. The molecule has 1 saturated heterocycles. The molecule has 0 unspecified atom stereocenters. The van der Waals surface area contributed by atoms with Gasteiger partial charge in [-0.2, -0.15) is 0 Å². The highest BCUT2D eigenvalue weighted by atomic mass is 79.9. The van der Waals surface area contributed by atoms with Crippen molar-refractivity contribution < 1.29 is 19.1 Å². The van der Waals surface area contributed by atoms with Gasteiger partial charge in [-0.15, -0.1) is 0 Å². The van der Waals surface area contributed by atoms with Gasteiger partial charge in [-0.3, -0.25) is 4.79 Å². The molecule has 1 aliphatic heterocycles. The maximum Gasteiger partial charge on any atom is 0.333 e. The second-order valence-corrected chi connectivity index (χ2v) is 8.13. The van der Waals surface area contributed by atoms with E-state index in [2.05, 4.69) is 21.2 Å². The largest absolute Gasteiger partial charge is 0.493 e. The number of carbonyl (C=O) groups is 2. The third-order valence-electron chi connectivity index (χ3n) is 4.96. The molecule has 162 valence electrons. The van der Waals surface area contributed by atoms with E-state index in [4.69, 9.17) is 9.47 Å². The molecule has 3 amide bonds. The van der Waals surface area contributed by atoms with E-state index in [9.17, 15) is 9.59 Å². The van der Waals surface area contributed by atoms with Gasteiger partial charge in [-0.05, 0) is 64.3 Å². The summed E-state index contributed by atoms with van der Waals surface area (Å²) in [4.78, 5) is 26.3. The van der Waals surface area contributed by atoms with Crippen LogP contribution in [0.1, 0.15) is 16.7 Å². The molecule has 1 N–H and O–H groups in total. The van der Waals surface area contributed by atoms with Gasteiger partial charge in [0.05, 0.1) is 17.3 Å². The standard InChI is InChI=1S/C25H21BrN2O4/c1-16-8-10-17(11-9-16)15-32-23-20(26)12-18(14-22(23)31-2)13-21-24(29)28(25(30)27-21)19-6-4-3-5-7-19/h3-14H,15H2,1-2H3,(H,27,30). The van der Waals surface area contributed by atoms with Gasteiger partial charge >= 0.3 is 6.03 Å². The number of halogens is 1. The van der Waals surface area contributed by atoms with E-state index < -0.39 is 11.9 Å². The molecule has 7 heteroatoms. The molecular formula is C25H21BrN2O4. The Hall–Kier alpha value is -3.58. The number of anilines is 1. The summed E-state index contributed by atoms with van der Waals surface area (Å²) < 4.78 is 12.2. The molecule has 3 aromatic carbocycles. The van der Waals surface area contributed by atoms with Crippen molar-refractivity contribution in [1.29, 1.82) is 0 Å². The first-order valence-corrected chi connectivity index (χ1v) is 10.7. The van der Waals surface area contributed by atoms with Crippen LogP contribution in [0.15, 0.2) is 76.9 Å². The topological polar surface area (TPSA) is 67.9 Å². The molecule has 1 heterocycles. The summed E-state index contributed by atoms with van der Waals surface area (Å²) >= 11 is 3.53. The molecule has 3 aromatic rings. The molecule has 0 atom stereocenters. The zero-order chi connectivity index (χ0) is 22.7. The van der Waals surface area contributed by atoms with E-state index in [1.165, 1.54) is 5.56 Å². The molecule has 0 aliphatic carbocycles. The molecule has 1 aliphatic rings. The lowest BCUT2D eigenvalue weighted by atomic mass is 10.1. The van der Waals surface area contributed by atoms with Crippen LogP contribution >= 0.6 is 15.9 Å². The molecule has 0 radical (unpaired) electrons.